The molecule has 0 saturated heterocycles. The summed E-state index contributed by atoms with van der Waals surface area (Å²) in [5.41, 5.74) is 1.01. The second kappa shape index (κ2) is 6.34. The van der Waals surface area contributed by atoms with Crippen molar-refractivity contribution in [1.29, 1.82) is 0 Å². The molecule has 23 heavy (non-hydrogen) atoms. The van der Waals surface area contributed by atoms with Crippen molar-refractivity contribution in [2.24, 2.45) is 0 Å². The van der Waals surface area contributed by atoms with Gasteiger partial charge in [-0.05, 0) is 42.1 Å². The molecule has 0 aliphatic rings. The van der Waals surface area contributed by atoms with Gasteiger partial charge in [-0.3, -0.25) is 4.79 Å². The van der Waals surface area contributed by atoms with E-state index in [1.54, 1.807) is 19.1 Å². The molecule has 0 aliphatic heterocycles. The first-order valence-electron chi connectivity index (χ1n) is 7.13. The van der Waals surface area contributed by atoms with Crippen LogP contribution in [-0.2, 0) is 4.79 Å². The van der Waals surface area contributed by atoms with Crippen molar-refractivity contribution < 1.29 is 18.7 Å². The summed E-state index contributed by atoms with van der Waals surface area (Å²) >= 11 is 1.45. The highest BCUT2D eigenvalue weighted by Crippen LogP contribution is 2.37. The molecular weight excluding hydrogens is 317 g/mol. The monoisotopic (exact) mass is 331 g/mol. The molecule has 0 radical (unpaired) electrons. The number of halogens is 1. The molecule has 0 saturated carbocycles. The van der Waals surface area contributed by atoms with Crippen molar-refractivity contribution >= 4 is 17.3 Å². The minimum Gasteiger partial charge on any atom is -0.481 e. The van der Waals surface area contributed by atoms with E-state index in [0.717, 1.165) is 4.88 Å². The van der Waals surface area contributed by atoms with Crippen LogP contribution in [0.4, 0.5) is 4.39 Å². The Morgan fingerprint density at radius 2 is 2.09 bits per heavy atom. The Kier molecular flexibility index (Phi) is 4.25. The number of carboxylic acid groups (broad SMARTS) is 1. The molecule has 0 amide bonds. The average Bonchev–Trinajstić information content (AvgIpc) is 3.17. The van der Waals surface area contributed by atoms with E-state index in [4.69, 9.17) is 4.42 Å². The second-order valence-corrected chi connectivity index (χ2v) is 5.96. The molecule has 2 aromatic heterocycles. The lowest BCUT2D eigenvalue weighted by molar-refractivity contribution is -0.138. The number of hydrogen-bond donors (Lipinski definition) is 1. The standard InChI is InChI=1S/C17H14FNO3S/c1-2-12(17(20)21)14-15(13-4-3-9-23-13)22-16(19-14)10-5-7-11(18)8-6-10/h3-9,12H,2H2,1H3,(H,20,21). The first-order valence-corrected chi connectivity index (χ1v) is 8.01. The maximum atomic E-state index is 13.1. The van der Waals surface area contributed by atoms with E-state index in [1.165, 1.54) is 23.5 Å². The fraction of sp³-hybridized carbons (Fsp3) is 0.176. The van der Waals surface area contributed by atoms with Crippen LogP contribution in [0.3, 0.4) is 0 Å². The van der Waals surface area contributed by atoms with Gasteiger partial charge >= 0.3 is 5.97 Å². The second-order valence-electron chi connectivity index (χ2n) is 5.02. The van der Waals surface area contributed by atoms with Gasteiger partial charge in [0.15, 0.2) is 5.76 Å². The molecular formula is C17H14FNO3S. The summed E-state index contributed by atoms with van der Waals surface area (Å²) in [5.74, 6) is -1.28. The van der Waals surface area contributed by atoms with Gasteiger partial charge in [0.1, 0.15) is 17.4 Å². The summed E-state index contributed by atoms with van der Waals surface area (Å²) in [6, 6.07) is 9.48. The fourth-order valence-electron chi connectivity index (χ4n) is 2.35. The van der Waals surface area contributed by atoms with Crippen molar-refractivity contribution in [3.05, 3.63) is 53.3 Å². The fourth-order valence-corrected chi connectivity index (χ4v) is 3.07. The number of carboxylic acids is 1. The van der Waals surface area contributed by atoms with Crippen LogP contribution in [0.1, 0.15) is 25.0 Å². The van der Waals surface area contributed by atoms with Crippen molar-refractivity contribution in [3.8, 4) is 22.1 Å². The lowest BCUT2D eigenvalue weighted by Crippen LogP contribution is -2.11. The van der Waals surface area contributed by atoms with E-state index in [1.807, 2.05) is 17.5 Å². The zero-order valence-electron chi connectivity index (χ0n) is 12.3. The molecule has 4 nitrogen and oxygen atoms in total. The molecule has 1 aromatic carbocycles. The first kappa shape index (κ1) is 15.4. The number of carbonyl (C=O) groups is 1. The Morgan fingerprint density at radius 1 is 1.35 bits per heavy atom. The van der Waals surface area contributed by atoms with Crippen LogP contribution < -0.4 is 0 Å². The Bertz CT molecular complexity index is 809. The third-order valence-electron chi connectivity index (χ3n) is 3.53. The maximum absolute atomic E-state index is 13.1. The Balaban J connectivity index is 2.13. The summed E-state index contributed by atoms with van der Waals surface area (Å²) < 4.78 is 18.9. The van der Waals surface area contributed by atoms with Crippen molar-refractivity contribution in [1.82, 2.24) is 4.98 Å². The van der Waals surface area contributed by atoms with Crippen LogP contribution in [-0.4, -0.2) is 16.1 Å². The van der Waals surface area contributed by atoms with Gasteiger partial charge in [0.05, 0.1) is 4.88 Å². The molecule has 0 fully saturated rings. The van der Waals surface area contributed by atoms with Crippen LogP contribution in [0.2, 0.25) is 0 Å². The van der Waals surface area contributed by atoms with E-state index in [9.17, 15) is 14.3 Å². The van der Waals surface area contributed by atoms with E-state index >= 15 is 0 Å². The number of nitrogens with zero attached hydrogens (tertiary/aromatic N) is 1. The third-order valence-corrected chi connectivity index (χ3v) is 4.39. The molecule has 0 spiro atoms. The van der Waals surface area contributed by atoms with Gasteiger partial charge in [-0.15, -0.1) is 11.3 Å². The minimum absolute atomic E-state index is 0.295. The van der Waals surface area contributed by atoms with Crippen LogP contribution in [0.15, 0.2) is 46.2 Å². The molecule has 6 heteroatoms. The third kappa shape index (κ3) is 3.03. The molecule has 2 heterocycles. The normalized spacial score (nSPS) is 12.3. The van der Waals surface area contributed by atoms with E-state index < -0.39 is 11.9 Å². The highest BCUT2D eigenvalue weighted by molar-refractivity contribution is 7.13. The first-order chi connectivity index (χ1) is 11.1. The Morgan fingerprint density at radius 3 is 2.65 bits per heavy atom. The Labute approximate surface area is 136 Å². The molecule has 1 unspecified atom stereocenters. The smallest absolute Gasteiger partial charge is 0.312 e. The van der Waals surface area contributed by atoms with Crippen LogP contribution in [0.25, 0.3) is 22.1 Å². The number of hydrogen-bond acceptors (Lipinski definition) is 4. The number of thiophene rings is 1. The van der Waals surface area contributed by atoms with E-state index in [-0.39, 0.29) is 5.82 Å². The summed E-state index contributed by atoms with van der Waals surface area (Å²) in [5, 5.41) is 11.3. The summed E-state index contributed by atoms with van der Waals surface area (Å²) in [7, 11) is 0. The van der Waals surface area contributed by atoms with Gasteiger partial charge in [-0.1, -0.05) is 13.0 Å². The van der Waals surface area contributed by atoms with Crippen molar-refractivity contribution in [2.45, 2.75) is 19.3 Å². The van der Waals surface area contributed by atoms with Gasteiger partial charge in [0.25, 0.3) is 0 Å². The van der Waals surface area contributed by atoms with E-state index in [2.05, 4.69) is 4.98 Å². The van der Waals surface area contributed by atoms with Gasteiger partial charge in [-0.25, -0.2) is 9.37 Å². The molecule has 0 aliphatic carbocycles. The summed E-state index contributed by atoms with van der Waals surface area (Å²) in [6.07, 6.45) is 0.406. The minimum atomic E-state index is -0.940. The molecule has 3 rings (SSSR count). The zero-order valence-corrected chi connectivity index (χ0v) is 13.1. The number of rotatable bonds is 5. The van der Waals surface area contributed by atoms with Gasteiger partial charge in [0, 0.05) is 5.56 Å². The molecule has 1 atom stereocenters. The predicted molar refractivity (Wildman–Crippen MR) is 85.9 cm³/mol. The number of benzene rings is 1. The summed E-state index contributed by atoms with van der Waals surface area (Å²) in [6.45, 7) is 1.79. The number of oxazole rings is 1. The molecule has 118 valence electrons. The number of aliphatic carboxylic acids is 1. The van der Waals surface area contributed by atoms with Crippen LogP contribution >= 0.6 is 11.3 Å². The Hall–Kier alpha value is -2.47. The quantitative estimate of drug-likeness (QED) is 0.730. The largest absolute Gasteiger partial charge is 0.481 e. The van der Waals surface area contributed by atoms with Gasteiger partial charge < -0.3 is 9.52 Å². The van der Waals surface area contributed by atoms with Gasteiger partial charge in [0.2, 0.25) is 5.89 Å². The van der Waals surface area contributed by atoms with Crippen LogP contribution in [0.5, 0.6) is 0 Å². The number of aromatic nitrogens is 1. The van der Waals surface area contributed by atoms with Crippen molar-refractivity contribution in [2.75, 3.05) is 0 Å². The maximum Gasteiger partial charge on any atom is 0.312 e. The molecule has 1 N–H and O–H groups in total. The SMILES string of the molecule is CCC(C(=O)O)c1nc(-c2ccc(F)cc2)oc1-c1cccs1. The topological polar surface area (TPSA) is 63.3 Å². The lowest BCUT2D eigenvalue weighted by Gasteiger charge is -2.06. The molecule has 0 bridgehead atoms. The molecule has 3 aromatic rings. The lowest BCUT2D eigenvalue weighted by atomic mass is 10.0. The summed E-state index contributed by atoms with van der Waals surface area (Å²) in [4.78, 5) is 16.7. The zero-order chi connectivity index (χ0) is 16.4. The highest BCUT2D eigenvalue weighted by Gasteiger charge is 2.28. The van der Waals surface area contributed by atoms with Gasteiger partial charge in [-0.2, -0.15) is 0 Å². The van der Waals surface area contributed by atoms with Crippen LogP contribution in [0, 0.1) is 5.82 Å². The average molecular weight is 331 g/mol. The van der Waals surface area contributed by atoms with Crippen molar-refractivity contribution in [3.63, 3.8) is 0 Å². The van der Waals surface area contributed by atoms with E-state index in [0.29, 0.717) is 29.3 Å². The predicted octanol–water partition coefficient (Wildman–Crippen LogP) is 4.79. The highest BCUT2D eigenvalue weighted by atomic mass is 32.1.